The van der Waals surface area contributed by atoms with E-state index in [0.717, 1.165) is 6.42 Å². The Morgan fingerprint density at radius 2 is 1.81 bits per heavy atom. The summed E-state index contributed by atoms with van der Waals surface area (Å²) in [6.07, 6.45) is 2.33. The maximum absolute atomic E-state index is 12.1. The van der Waals surface area contributed by atoms with Crippen LogP contribution >= 0.6 is 0 Å². The summed E-state index contributed by atoms with van der Waals surface area (Å²) < 4.78 is 17.0. The maximum Gasteiger partial charge on any atom is 0.457 e. The third-order valence-electron chi connectivity index (χ3n) is 5.91. The Morgan fingerprint density at radius 3 is 2.31 bits per heavy atom. The highest BCUT2D eigenvalue weighted by Gasteiger charge is 2.51. The Hall–Kier alpha value is -1.28. The molecule has 1 amide bonds. The Balaban J connectivity index is 1.93. The van der Waals surface area contributed by atoms with Gasteiger partial charge in [0.2, 0.25) is 0 Å². The number of aliphatic carboxylic acids is 1. The van der Waals surface area contributed by atoms with Crippen molar-refractivity contribution in [2.45, 2.75) is 90.4 Å². The number of likely N-dealkylation sites (tertiary alicyclic amines) is 1. The minimum atomic E-state index is -0.969. The first-order valence-electron chi connectivity index (χ1n) is 9.53. The monoisotopic (exact) mass is 369 g/mol. The molecule has 8 heteroatoms. The van der Waals surface area contributed by atoms with Gasteiger partial charge in [-0.25, -0.2) is 9.59 Å². The van der Waals surface area contributed by atoms with E-state index < -0.39 is 18.1 Å². The van der Waals surface area contributed by atoms with Crippen molar-refractivity contribution in [2.75, 3.05) is 6.61 Å². The molecular formula is C18H32BNO6. The summed E-state index contributed by atoms with van der Waals surface area (Å²) >= 11 is 0. The number of hydrogen-bond acceptors (Lipinski definition) is 5. The maximum atomic E-state index is 12.1. The van der Waals surface area contributed by atoms with Crippen LogP contribution in [-0.4, -0.2) is 59.1 Å². The minimum Gasteiger partial charge on any atom is -0.480 e. The van der Waals surface area contributed by atoms with Crippen molar-refractivity contribution in [3.8, 4) is 0 Å². The number of carbonyl (C=O) groups excluding carboxylic acids is 1. The highest BCUT2D eigenvalue weighted by Crippen LogP contribution is 2.39. The first-order valence-corrected chi connectivity index (χ1v) is 9.53. The molecule has 1 N–H and O–H groups in total. The van der Waals surface area contributed by atoms with Crippen molar-refractivity contribution in [3.63, 3.8) is 0 Å². The van der Waals surface area contributed by atoms with Crippen LogP contribution in [0.2, 0.25) is 6.32 Å². The molecule has 7 nitrogen and oxygen atoms in total. The largest absolute Gasteiger partial charge is 0.480 e. The Labute approximate surface area is 156 Å². The number of ether oxygens (including phenoxy) is 1. The fourth-order valence-corrected chi connectivity index (χ4v) is 3.90. The van der Waals surface area contributed by atoms with E-state index in [1.165, 1.54) is 4.90 Å². The number of amides is 1. The molecule has 0 aromatic carbocycles. The summed E-state index contributed by atoms with van der Waals surface area (Å²) in [5.74, 6) is -1.06. The van der Waals surface area contributed by atoms with Crippen LogP contribution in [0.4, 0.5) is 4.79 Å². The fourth-order valence-electron chi connectivity index (χ4n) is 3.90. The van der Waals surface area contributed by atoms with Crippen LogP contribution in [0, 0.1) is 5.92 Å². The summed E-state index contributed by atoms with van der Waals surface area (Å²) in [6.45, 7) is 11.9. The Bertz CT molecular complexity index is 522. The smallest absolute Gasteiger partial charge is 0.457 e. The van der Waals surface area contributed by atoms with Gasteiger partial charge < -0.3 is 19.2 Å². The molecule has 0 aromatic rings. The molecule has 3 atom stereocenters. The molecule has 3 unspecified atom stereocenters. The summed E-state index contributed by atoms with van der Waals surface area (Å²) in [4.78, 5) is 25.3. The van der Waals surface area contributed by atoms with E-state index in [-0.39, 0.29) is 36.9 Å². The molecular weight excluding hydrogens is 337 g/mol. The van der Waals surface area contributed by atoms with Crippen molar-refractivity contribution in [1.82, 2.24) is 4.90 Å². The molecule has 0 bridgehead atoms. The van der Waals surface area contributed by atoms with Gasteiger partial charge in [0.25, 0.3) is 0 Å². The molecule has 2 aliphatic rings. The lowest BCUT2D eigenvalue weighted by Crippen LogP contribution is -2.46. The summed E-state index contributed by atoms with van der Waals surface area (Å²) in [7, 11) is -0.275. The van der Waals surface area contributed by atoms with Gasteiger partial charge in [0.15, 0.2) is 0 Å². The van der Waals surface area contributed by atoms with Gasteiger partial charge in [0.1, 0.15) is 6.04 Å². The number of carboxylic acids is 1. The standard InChI is InChI=1S/C18H32BNO6/c1-7-24-16(23)20-12(2)11-13(14(20)15(21)22)9-8-10-19-25-17(3,4)18(5,6)26-19/h12-14H,7-11H2,1-6H3,(H,21,22). The molecule has 0 spiro atoms. The van der Waals surface area contributed by atoms with Crippen molar-refractivity contribution < 1.29 is 28.7 Å². The van der Waals surface area contributed by atoms with E-state index in [2.05, 4.69) is 0 Å². The summed E-state index contributed by atoms with van der Waals surface area (Å²) in [5.41, 5.74) is -0.715. The van der Waals surface area contributed by atoms with Crippen LogP contribution < -0.4 is 0 Å². The molecule has 2 heterocycles. The predicted molar refractivity (Wildman–Crippen MR) is 98.0 cm³/mol. The van der Waals surface area contributed by atoms with E-state index in [0.29, 0.717) is 19.2 Å². The molecule has 2 fully saturated rings. The first-order chi connectivity index (χ1) is 12.0. The molecule has 0 radical (unpaired) electrons. The van der Waals surface area contributed by atoms with Gasteiger partial charge in [-0.2, -0.15) is 0 Å². The van der Waals surface area contributed by atoms with Gasteiger partial charge in [-0.05, 0) is 66.6 Å². The van der Waals surface area contributed by atoms with E-state index >= 15 is 0 Å². The van der Waals surface area contributed by atoms with Gasteiger partial charge in [-0.1, -0.05) is 6.42 Å². The lowest BCUT2D eigenvalue weighted by Gasteiger charge is -2.32. The fraction of sp³-hybridized carbons (Fsp3) is 0.889. The highest BCUT2D eigenvalue weighted by molar-refractivity contribution is 6.45. The van der Waals surface area contributed by atoms with Crippen molar-refractivity contribution >= 4 is 19.2 Å². The van der Waals surface area contributed by atoms with Gasteiger partial charge in [0.05, 0.1) is 17.8 Å². The predicted octanol–water partition coefficient (Wildman–Crippen LogP) is 3.18. The first kappa shape index (κ1) is 21.0. The molecule has 2 aliphatic heterocycles. The molecule has 148 valence electrons. The summed E-state index contributed by atoms with van der Waals surface area (Å²) in [6, 6.07) is -0.973. The van der Waals surface area contributed by atoms with Crippen molar-refractivity contribution in [3.05, 3.63) is 0 Å². The van der Waals surface area contributed by atoms with Crippen molar-refractivity contribution in [1.29, 1.82) is 0 Å². The van der Waals surface area contributed by atoms with E-state index in [9.17, 15) is 14.7 Å². The number of hydrogen-bond donors (Lipinski definition) is 1. The molecule has 0 saturated carbocycles. The molecule has 26 heavy (non-hydrogen) atoms. The molecule has 0 aromatic heterocycles. The SMILES string of the molecule is CCOC(=O)N1C(C)CC(CCCB2OC(C)(C)C(C)(C)O2)C1C(=O)O. The number of carbonyl (C=O) groups is 2. The van der Waals surface area contributed by atoms with Gasteiger partial charge in [0, 0.05) is 6.04 Å². The lowest BCUT2D eigenvalue weighted by molar-refractivity contribution is -0.143. The van der Waals surface area contributed by atoms with E-state index in [1.54, 1.807) is 6.92 Å². The zero-order valence-corrected chi connectivity index (χ0v) is 16.8. The quantitative estimate of drug-likeness (QED) is 0.724. The topological polar surface area (TPSA) is 85.3 Å². The minimum absolute atomic E-state index is 0.0886. The summed E-state index contributed by atoms with van der Waals surface area (Å²) in [5, 5.41) is 9.64. The molecule has 2 rings (SSSR count). The van der Waals surface area contributed by atoms with Crippen LogP contribution in [0.3, 0.4) is 0 Å². The Kier molecular flexibility index (Phi) is 6.28. The lowest BCUT2D eigenvalue weighted by atomic mass is 9.80. The second-order valence-corrected chi connectivity index (χ2v) is 8.35. The van der Waals surface area contributed by atoms with Crippen LogP contribution in [0.1, 0.15) is 60.8 Å². The Morgan fingerprint density at radius 1 is 1.23 bits per heavy atom. The van der Waals surface area contributed by atoms with Crippen LogP contribution in [0.15, 0.2) is 0 Å². The van der Waals surface area contributed by atoms with Gasteiger partial charge >= 0.3 is 19.2 Å². The van der Waals surface area contributed by atoms with Crippen molar-refractivity contribution in [2.24, 2.45) is 5.92 Å². The zero-order chi connectivity index (χ0) is 19.7. The highest BCUT2D eigenvalue weighted by atomic mass is 16.7. The third-order valence-corrected chi connectivity index (χ3v) is 5.91. The van der Waals surface area contributed by atoms with Crippen LogP contribution in [0.5, 0.6) is 0 Å². The van der Waals surface area contributed by atoms with Gasteiger partial charge in [-0.3, -0.25) is 4.90 Å². The average molecular weight is 369 g/mol. The molecule has 2 saturated heterocycles. The van der Waals surface area contributed by atoms with Crippen LogP contribution in [0.25, 0.3) is 0 Å². The van der Waals surface area contributed by atoms with Crippen LogP contribution in [-0.2, 0) is 18.8 Å². The zero-order valence-electron chi connectivity index (χ0n) is 16.8. The second kappa shape index (κ2) is 7.76. The normalized spacial score (nSPS) is 29.8. The van der Waals surface area contributed by atoms with Gasteiger partial charge in [-0.15, -0.1) is 0 Å². The van der Waals surface area contributed by atoms with E-state index in [4.69, 9.17) is 14.0 Å². The van der Waals surface area contributed by atoms with E-state index in [1.807, 2.05) is 34.6 Å². The molecule has 0 aliphatic carbocycles. The number of carboxylic acid groups (broad SMARTS) is 1. The number of nitrogens with zero attached hydrogens (tertiary/aromatic N) is 1. The second-order valence-electron chi connectivity index (χ2n) is 8.35. The average Bonchev–Trinajstić information content (AvgIpc) is 2.92. The number of rotatable bonds is 6. The third kappa shape index (κ3) is 4.17.